The van der Waals surface area contributed by atoms with Crippen molar-refractivity contribution < 1.29 is 53.8 Å². The van der Waals surface area contributed by atoms with Crippen LogP contribution in [0.5, 0.6) is 0 Å². The number of carbonyl (C=O) groups excluding carboxylic acids is 1. The van der Waals surface area contributed by atoms with Crippen LogP contribution < -0.4 is 5.32 Å². The normalized spacial score (nSPS) is 17.5. The van der Waals surface area contributed by atoms with Crippen LogP contribution in [0.2, 0.25) is 0 Å². The van der Waals surface area contributed by atoms with E-state index in [1.165, 1.54) is 0 Å². The first kappa shape index (κ1) is 60.2. The van der Waals surface area contributed by atoms with E-state index in [1.807, 2.05) is 70.2 Å². The summed E-state index contributed by atoms with van der Waals surface area (Å²) in [6.45, 7) is 15.9. The molecular weight excluding hydrogens is 929 g/mol. The Kier molecular flexibility index (Phi) is 25.3. The lowest BCUT2D eigenvalue weighted by Crippen LogP contribution is -2.29. The van der Waals surface area contributed by atoms with Crippen LogP contribution >= 0.6 is 0 Å². The molecule has 0 radical (unpaired) electrons. The molecule has 4 aromatic rings. The summed E-state index contributed by atoms with van der Waals surface area (Å²) in [7, 11) is 0. The number of fused-ring (bicyclic) bond motifs is 2. The third kappa shape index (κ3) is 22.9. The van der Waals surface area contributed by atoms with E-state index in [-0.39, 0.29) is 24.2 Å². The van der Waals surface area contributed by atoms with Gasteiger partial charge in [-0.05, 0) is 152 Å². The molecule has 2 heterocycles. The van der Waals surface area contributed by atoms with Crippen molar-refractivity contribution in [1.82, 2.24) is 5.32 Å². The van der Waals surface area contributed by atoms with Crippen LogP contribution in [-0.4, -0.2) is 87.2 Å². The Hall–Kier alpha value is -7.13. The number of amides is 1. The van der Waals surface area contributed by atoms with Crippen molar-refractivity contribution in [2.75, 3.05) is 13.1 Å². The number of aliphatic hydroxyl groups is 1. The average molecular weight is 1000 g/mol. The zero-order chi connectivity index (χ0) is 54.0. The van der Waals surface area contributed by atoms with E-state index in [4.69, 9.17) is 30.0 Å². The number of nitrogens with zero attached hydrogens (tertiary/aromatic N) is 3. The topological polar surface area (TPSA) is 238 Å². The number of azide groups is 1. The highest BCUT2D eigenvalue weighted by Crippen LogP contribution is 2.33. The molecular formula is C58H72N4O11. The fourth-order valence-electron chi connectivity index (χ4n) is 8.04. The average Bonchev–Trinajstić information content (AvgIpc) is 3.62. The SMILES string of the molecule is Cc1cc(C)c(C(=O)O)c(/C=C/CC[C@@H](C/C=C\CCN=[N+]=[N-])OC(C)(C)O)c1.Cc1cc(C)c2c(c1)/C=C/C[C@@H]1OC(C)(C)OC1C/C=C\CCNC2=O.O=C(O)c1ccccc1.O=C(O)c1ccccc1. The molecule has 73 heavy (non-hydrogen) atoms. The summed E-state index contributed by atoms with van der Waals surface area (Å²) < 4.78 is 17.9. The summed E-state index contributed by atoms with van der Waals surface area (Å²) in [6.07, 6.45) is 21.0. The Morgan fingerprint density at radius 2 is 1.38 bits per heavy atom. The molecule has 1 fully saturated rings. The molecule has 0 saturated carbocycles. The van der Waals surface area contributed by atoms with Gasteiger partial charge in [-0.1, -0.05) is 126 Å². The molecule has 0 spiro atoms. The molecule has 1 amide bonds. The number of hydrogen-bond donors (Lipinski definition) is 5. The molecule has 1 unspecified atom stereocenters. The van der Waals surface area contributed by atoms with Gasteiger partial charge in [0.05, 0.1) is 35.0 Å². The van der Waals surface area contributed by atoms with E-state index in [9.17, 15) is 29.4 Å². The van der Waals surface area contributed by atoms with Crippen LogP contribution in [0, 0.1) is 27.7 Å². The first-order chi connectivity index (χ1) is 34.6. The summed E-state index contributed by atoms with van der Waals surface area (Å²) in [4.78, 5) is 47.3. The molecule has 0 aromatic heterocycles. The highest BCUT2D eigenvalue weighted by atomic mass is 16.7. The Balaban J connectivity index is 0.000000288. The molecule has 15 heteroatoms. The molecule has 6 rings (SSSR count). The van der Waals surface area contributed by atoms with Gasteiger partial charge in [0.25, 0.3) is 5.91 Å². The van der Waals surface area contributed by atoms with Crippen LogP contribution in [0.4, 0.5) is 0 Å². The third-order valence-electron chi connectivity index (χ3n) is 11.0. The van der Waals surface area contributed by atoms with E-state index in [0.717, 1.165) is 52.6 Å². The lowest BCUT2D eigenvalue weighted by atomic mass is 9.97. The third-order valence-corrected chi connectivity index (χ3v) is 11.0. The predicted molar refractivity (Wildman–Crippen MR) is 286 cm³/mol. The largest absolute Gasteiger partial charge is 0.478 e. The van der Waals surface area contributed by atoms with Crippen molar-refractivity contribution in [2.24, 2.45) is 5.11 Å². The van der Waals surface area contributed by atoms with E-state index < -0.39 is 29.5 Å². The van der Waals surface area contributed by atoms with Gasteiger partial charge in [0, 0.05) is 23.6 Å². The van der Waals surface area contributed by atoms with Crippen molar-refractivity contribution in [3.05, 3.63) is 187 Å². The maximum atomic E-state index is 12.7. The quantitative estimate of drug-likeness (QED) is 0.0199. The lowest BCUT2D eigenvalue weighted by Gasteiger charge is -2.25. The van der Waals surface area contributed by atoms with Crippen molar-refractivity contribution in [3.63, 3.8) is 0 Å². The number of carboxylic acid groups (broad SMARTS) is 3. The molecule has 0 aliphatic carbocycles. The molecule has 0 bridgehead atoms. The highest BCUT2D eigenvalue weighted by molar-refractivity contribution is 5.99. The monoisotopic (exact) mass is 1000 g/mol. The standard InChI is InChI=1S/C22H31N3O4.C22H29NO3.2C7H6O2/c1-16-14-17(2)20(21(26)27)18(15-16)10-7-8-12-19(29-22(3,4)28)11-6-5-9-13-24-25-23;1-15-13-16(2)20-17(14-15)9-8-11-19-18(25-22(3,4)26-19)10-6-5-7-12-23-21(20)24;2*8-7(9)6-4-2-1-3-5-6/h5-7,10,14-15,19,28H,8-9,11-13H2,1-4H3,(H,26,27);5-6,8-9,13-14,18-19H,7,10-12H2,1-4H3,(H,23,24);2*1-5H,(H,8,9)/b6-5-,10-7+;6-5-,9-8+;;/t19-;18?,19-;;/m10../s1. The number of hydrogen-bond acceptors (Lipinski definition) is 9. The smallest absolute Gasteiger partial charge is 0.336 e. The number of aryl methyl sites for hydroxylation is 4. The van der Waals surface area contributed by atoms with Gasteiger partial charge in [0.1, 0.15) is 0 Å². The predicted octanol–water partition coefficient (Wildman–Crippen LogP) is 12.6. The Labute approximate surface area is 429 Å². The molecule has 15 nitrogen and oxygen atoms in total. The number of carboxylic acids is 3. The van der Waals surface area contributed by atoms with E-state index in [2.05, 4.69) is 52.6 Å². The Morgan fingerprint density at radius 1 is 0.808 bits per heavy atom. The highest BCUT2D eigenvalue weighted by Gasteiger charge is 2.39. The molecule has 2 aliphatic heterocycles. The number of allylic oxidation sites excluding steroid dienone is 1. The molecule has 5 N–H and O–H groups in total. The fraction of sp³-hybridized carbons (Fsp3) is 0.379. The van der Waals surface area contributed by atoms with Gasteiger partial charge in [-0.3, -0.25) is 4.79 Å². The number of ether oxygens (including phenoxy) is 3. The van der Waals surface area contributed by atoms with E-state index in [0.29, 0.717) is 61.0 Å². The second kappa shape index (κ2) is 30.7. The van der Waals surface area contributed by atoms with Crippen molar-refractivity contribution in [1.29, 1.82) is 0 Å². The summed E-state index contributed by atoms with van der Waals surface area (Å²) in [5.74, 6) is -4.49. The van der Waals surface area contributed by atoms with Crippen molar-refractivity contribution in [2.45, 2.75) is 130 Å². The number of carbonyl (C=O) groups is 4. The lowest BCUT2D eigenvalue weighted by molar-refractivity contribution is -0.205. The van der Waals surface area contributed by atoms with Gasteiger partial charge in [0.15, 0.2) is 11.6 Å². The summed E-state index contributed by atoms with van der Waals surface area (Å²) in [5, 5.41) is 42.7. The second-order valence-electron chi connectivity index (χ2n) is 18.5. The number of nitrogens with one attached hydrogen (secondary N) is 1. The van der Waals surface area contributed by atoms with E-state index >= 15 is 0 Å². The first-order valence-electron chi connectivity index (χ1n) is 24.3. The second-order valence-corrected chi connectivity index (χ2v) is 18.5. The number of rotatable bonds is 14. The summed E-state index contributed by atoms with van der Waals surface area (Å²) >= 11 is 0. The minimum absolute atomic E-state index is 0.00734. The fourth-order valence-corrected chi connectivity index (χ4v) is 8.04. The summed E-state index contributed by atoms with van der Waals surface area (Å²) in [6, 6.07) is 24.4. The molecule has 390 valence electrons. The molecule has 2 aliphatic rings. The number of benzene rings is 4. The van der Waals surface area contributed by atoms with Gasteiger partial charge >= 0.3 is 17.9 Å². The van der Waals surface area contributed by atoms with Crippen molar-refractivity contribution >= 4 is 36.0 Å². The van der Waals surface area contributed by atoms with Gasteiger partial charge in [-0.2, -0.15) is 0 Å². The maximum Gasteiger partial charge on any atom is 0.336 e. The minimum Gasteiger partial charge on any atom is -0.478 e. The zero-order valence-corrected chi connectivity index (χ0v) is 43.3. The van der Waals surface area contributed by atoms with Crippen LogP contribution in [0.3, 0.4) is 0 Å². The number of aromatic carboxylic acids is 3. The van der Waals surface area contributed by atoms with Crippen molar-refractivity contribution in [3.8, 4) is 0 Å². The Bertz CT molecular complexity index is 2540. The first-order valence-corrected chi connectivity index (χ1v) is 24.3. The molecule has 4 aromatic carbocycles. The van der Waals surface area contributed by atoms with Gasteiger partial charge < -0.3 is 40.0 Å². The molecule has 3 atom stereocenters. The Morgan fingerprint density at radius 3 is 1.93 bits per heavy atom. The van der Waals surface area contributed by atoms with Crippen LogP contribution in [0.25, 0.3) is 22.6 Å². The van der Waals surface area contributed by atoms with Gasteiger partial charge in [-0.15, -0.1) is 0 Å². The van der Waals surface area contributed by atoms with Crippen LogP contribution in [0.15, 0.2) is 126 Å². The summed E-state index contributed by atoms with van der Waals surface area (Å²) in [5.41, 5.74) is 15.6. The van der Waals surface area contributed by atoms with Gasteiger partial charge in [-0.25, -0.2) is 14.4 Å². The maximum absolute atomic E-state index is 12.7. The zero-order valence-electron chi connectivity index (χ0n) is 43.3. The van der Waals surface area contributed by atoms with Gasteiger partial charge in [0.2, 0.25) is 0 Å². The minimum atomic E-state index is -1.24. The van der Waals surface area contributed by atoms with E-state index in [1.54, 1.807) is 81.4 Å². The van der Waals surface area contributed by atoms with Crippen LogP contribution in [0.1, 0.15) is 147 Å². The molecule has 1 saturated heterocycles. The van der Waals surface area contributed by atoms with Crippen LogP contribution in [-0.2, 0) is 14.2 Å².